The van der Waals surface area contributed by atoms with E-state index < -0.39 is 41.2 Å². The molecule has 3 aromatic carbocycles. The Kier molecular flexibility index (Phi) is 5.24. The summed E-state index contributed by atoms with van der Waals surface area (Å²) in [6.45, 7) is 0. The average Bonchev–Trinajstić information content (AvgIpc) is 3.55. The number of benzene rings is 3. The molecule has 4 rings (SSSR count). The van der Waals surface area contributed by atoms with Crippen molar-refractivity contribution in [2.45, 2.75) is 18.5 Å². The smallest absolute Gasteiger partial charge is 0.324 e. The molecular formula is C24H17F3N2O2. The Bertz CT molecular complexity index is 1210. The molecule has 1 amide bonds. The highest BCUT2D eigenvalue weighted by molar-refractivity contribution is 6.13. The zero-order valence-electron chi connectivity index (χ0n) is 16.2. The normalized spacial score (nSPS) is 18.8. The first-order valence-electron chi connectivity index (χ1n) is 9.69. The number of rotatable bonds is 5. The van der Waals surface area contributed by atoms with E-state index in [1.807, 2.05) is 18.2 Å². The molecule has 3 unspecified atom stereocenters. The molecule has 0 aromatic heterocycles. The molecule has 0 heterocycles. The molecule has 1 saturated carbocycles. The molecule has 0 spiro atoms. The van der Waals surface area contributed by atoms with Crippen LogP contribution in [-0.4, -0.2) is 11.7 Å². The van der Waals surface area contributed by atoms with Crippen LogP contribution in [0.5, 0.6) is 0 Å². The summed E-state index contributed by atoms with van der Waals surface area (Å²) in [7, 11) is 0. The fourth-order valence-electron chi connectivity index (χ4n) is 3.94. The number of alkyl halides is 3. The second kappa shape index (κ2) is 7.88. The molecule has 0 aliphatic heterocycles. The van der Waals surface area contributed by atoms with E-state index in [0.717, 1.165) is 16.8 Å². The van der Waals surface area contributed by atoms with E-state index in [1.54, 1.807) is 30.3 Å². The number of nitrogens with one attached hydrogen (secondary N) is 1. The maximum atomic E-state index is 13.3. The average molecular weight is 422 g/mol. The van der Waals surface area contributed by atoms with Gasteiger partial charge in [0, 0.05) is 17.0 Å². The first kappa shape index (κ1) is 20.6. The van der Waals surface area contributed by atoms with Crippen LogP contribution in [0.4, 0.5) is 18.9 Å². The van der Waals surface area contributed by atoms with Crippen LogP contribution in [0.1, 0.15) is 23.5 Å². The van der Waals surface area contributed by atoms with Crippen molar-refractivity contribution < 1.29 is 22.8 Å². The number of hydrogen-bond acceptors (Lipinski definition) is 3. The SMILES string of the molecule is N#CC(C(=O)Nc1cccc2ccccc12)C(=O)C1CC1c1ccccc1C(F)(F)F. The number of amides is 1. The summed E-state index contributed by atoms with van der Waals surface area (Å²) in [6.07, 6.45) is -4.35. The van der Waals surface area contributed by atoms with Gasteiger partial charge < -0.3 is 5.32 Å². The number of Topliss-reactive ketones (excluding diaryl/α,β-unsaturated/α-hetero) is 1. The quantitative estimate of drug-likeness (QED) is 0.567. The van der Waals surface area contributed by atoms with Crippen LogP contribution < -0.4 is 5.32 Å². The van der Waals surface area contributed by atoms with Crippen LogP contribution in [0.3, 0.4) is 0 Å². The second-order valence-electron chi connectivity index (χ2n) is 7.51. The van der Waals surface area contributed by atoms with E-state index in [0.29, 0.717) is 5.69 Å². The van der Waals surface area contributed by atoms with E-state index in [-0.39, 0.29) is 12.0 Å². The number of anilines is 1. The summed E-state index contributed by atoms with van der Waals surface area (Å²) in [5.74, 6) is -4.45. The van der Waals surface area contributed by atoms with E-state index in [2.05, 4.69) is 5.32 Å². The third kappa shape index (κ3) is 4.02. The van der Waals surface area contributed by atoms with E-state index in [1.165, 1.54) is 18.2 Å². The first-order chi connectivity index (χ1) is 14.8. The summed E-state index contributed by atoms with van der Waals surface area (Å²) in [4.78, 5) is 25.5. The molecule has 0 saturated heterocycles. The van der Waals surface area contributed by atoms with Crippen molar-refractivity contribution >= 4 is 28.2 Å². The minimum atomic E-state index is -4.53. The van der Waals surface area contributed by atoms with Gasteiger partial charge in [0.1, 0.15) is 0 Å². The Morgan fingerprint density at radius 3 is 2.42 bits per heavy atom. The lowest BCUT2D eigenvalue weighted by molar-refractivity contribution is -0.138. The van der Waals surface area contributed by atoms with Crippen LogP contribution in [0.15, 0.2) is 66.7 Å². The van der Waals surface area contributed by atoms with Gasteiger partial charge in [0.05, 0.1) is 11.6 Å². The van der Waals surface area contributed by atoms with Gasteiger partial charge in [-0.25, -0.2) is 0 Å². The fraction of sp³-hybridized carbons (Fsp3) is 0.208. The Labute approximate surface area is 176 Å². The van der Waals surface area contributed by atoms with Gasteiger partial charge >= 0.3 is 6.18 Å². The molecular weight excluding hydrogens is 405 g/mol. The number of fused-ring (bicyclic) bond motifs is 1. The van der Waals surface area contributed by atoms with Crippen molar-refractivity contribution in [3.8, 4) is 6.07 Å². The molecule has 3 aromatic rings. The highest BCUT2D eigenvalue weighted by atomic mass is 19.4. The topological polar surface area (TPSA) is 70.0 Å². The van der Waals surface area contributed by atoms with Crippen molar-refractivity contribution in [2.75, 3.05) is 5.32 Å². The summed E-state index contributed by atoms with van der Waals surface area (Å²) >= 11 is 0. The molecule has 1 N–H and O–H groups in total. The highest BCUT2D eigenvalue weighted by Gasteiger charge is 2.50. The van der Waals surface area contributed by atoms with Crippen LogP contribution in [0.25, 0.3) is 10.8 Å². The van der Waals surface area contributed by atoms with Gasteiger partial charge in [-0.2, -0.15) is 18.4 Å². The lowest BCUT2D eigenvalue weighted by atomic mass is 9.95. The van der Waals surface area contributed by atoms with Gasteiger partial charge in [0.2, 0.25) is 5.91 Å². The minimum Gasteiger partial charge on any atom is -0.324 e. The summed E-state index contributed by atoms with van der Waals surface area (Å²) in [5, 5.41) is 13.7. The largest absolute Gasteiger partial charge is 0.416 e. The van der Waals surface area contributed by atoms with E-state index >= 15 is 0 Å². The second-order valence-corrected chi connectivity index (χ2v) is 7.51. The van der Waals surface area contributed by atoms with Gasteiger partial charge in [-0.1, -0.05) is 54.6 Å². The molecule has 4 nitrogen and oxygen atoms in total. The third-order valence-corrected chi connectivity index (χ3v) is 5.54. The number of nitriles is 1. The van der Waals surface area contributed by atoms with Crippen molar-refractivity contribution in [1.29, 1.82) is 5.26 Å². The zero-order valence-corrected chi connectivity index (χ0v) is 16.2. The number of hydrogen-bond donors (Lipinski definition) is 1. The Balaban J connectivity index is 1.53. The van der Waals surface area contributed by atoms with Crippen molar-refractivity contribution in [3.63, 3.8) is 0 Å². The third-order valence-electron chi connectivity index (χ3n) is 5.54. The molecule has 0 radical (unpaired) electrons. The number of halogens is 3. The van der Waals surface area contributed by atoms with E-state index in [4.69, 9.17) is 0 Å². The van der Waals surface area contributed by atoms with Crippen molar-refractivity contribution in [3.05, 3.63) is 77.9 Å². The summed E-state index contributed by atoms with van der Waals surface area (Å²) < 4.78 is 39.9. The fourth-order valence-corrected chi connectivity index (χ4v) is 3.94. The summed E-state index contributed by atoms with van der Waals surface area (Å²) in [6, 6.07) is 19.4. The number of carbonyl (C=O) groups is 2. The van der Waals surface area contributed by atoms with Crippen LogP contribution in [0.2, 0.25) is 0 Å². The predicted molar refractivity (Wildman–Crippen MR) is 109 cm³/mol. The molecule has 1 aliphatic carbocycles. The van der Waals surface area contributed by atoms with E-state index in [9.17, 15) is 28.0 Å². The Morgan fingerprint density at radius 1 is 1.00 bits per heavy atom. The lowest BCUT2D eigenvalue weighted by Crippen LogP contribution is -2.30. The first-order valence-corrected chi connectivity index (χ1v) is 9.69. The van der Waals surface area contributed by atoms with Gasteiger partial charge in [0.15, 0.2) is 11.7 Å². The van der Waals surface area contributed by atoms with Crippen LogP contribution in [0, 0.1) is 23.2 Å². The maximum Gasteiger partial charge on any atom is 0.416 e. The molecule has 0 bridgehead atoms. The van der Waals surface area contributed by atoms with Gasteiger partial charge in [0.25, 0.3) is 0 Å². The lowest BCUT2D eigenvalue weighted by Gasteiger charge is -2.13. The number of nitrogens with zero attached hydrogens (tertiary/aromatic N) is 1. The maximum absolute atomic E-state index is 13.3. The molecule has 156 valence electrons. The standard InChI is InChI=1S/C24H17F3N2O2/c25-24(26,27)20-10-4-3-9-16(20)17-12-18(17)22(30)19(13-28)23(31)29-21-11-5-7-14-6-1-2-8-15(14)21/h1-11,17-19H,12H2,(H,29,31). The Hall–Kier alpha value is -3.66. The molecule has 3 atom stereocenters. The van der Waals surface area contributed by atoms with Crippen molar-refractivity contribution in [2.24, 2.45) is 11.8 Å². The molecule has 1 aliphatic rings. The van der Waals surface area contributed by atoms with Gasteiger partial charge in [-0.15, -0.1) is 0 Å². The molecule has 7 heteroatoms. The predicted octanol–water partition coefficient (Wildman–Crippen LogP) is 5.31. The van der Waals surface area contributed by atoms with Gasteiger partial charge in [-0.05, 0) is 35.4 Å². The van der Waals surface area contributed by atoms with Crippen molar-refractivity contribution in [1.82, 2.24) is 0 Å². The van der Waals surface area contributed by atoms with Gasteiger partial charge in [-0.3, -0.25) is 9.59 Å². The number of ketones is 1. The van der Waals surface area contributed by atoms with Crippen LogP contribution >= 0.6 is 0 Å². The molecule has 31 heavy (non-hydrogen) atoms. The highest BCUT2D eigenvalue weighted by Crippen LogP contribution is 2.52. The van der Waals surface area contributed by atoms with Crippen LogP contribution in [-0.2, 0) is 15.8 Å². The zero-order chi connectivity index (χ0) is 22.2. The molecule has 1 fully saturated rings. The number of carbonyl (C=O) groups excluding carboxylic acids is 2. The Morgan fingerprint density at radius 2 is 1.68 bits per heavy atom. The monoisotopic (exact) mass is 422 g/mol. The summed E-state index contributed by atoms with van der Waals surface area (Å²) in [5.41, 5.74) is -0.297. The minimum absolute atomic E-state index is 0.0273.